The number of rotatable bonds is 4. The Balaban J connectivity index is 1.78. The Labute approximate surface area is 138 Å². The summed E-state index contributed by atoms with van der Waals surface area (Å²) in [7, 11) is 0. The fraction of sp³-hybridized carbons (Fsp3) is 0.400. The molecule has 3 rings (SSSR count). The second-order valence-corrected chi connectivity index (χ2v) is 6.99. The van der Waals surface area contributed by atoms with Crippen LogP contribution in [0.15, 0.2) is 60.7 Å². The van der Waals surface area contributed by atoms with E-state index in [1.807, 2.05) is 12.1 Å². The number of nitrogens with zero attached hydrogens (tertiary/aromatic N) is 1. The summed E-state index contributed by atoms with van der Waals surface area (Å²) in [6.45, 7) is 6.94. The second-order valence-electron chi connectivity index (χ2n) is 6.99. The SMILES string of the molecule is CC(C)(C)O[C@H]1C[C@H](c2ccccc2)N(Cc2ccccc2)O1. The number of ether oxygens (including phenoxy) is 1. The molecule has 122 valence electrons. The van der Waals surface area contributed by atoms with E-state index in [0.29, 0.717) is 0 Å². The van der Waals surface area contributed by atoms with E-state index in [4.69, 9.17) is 9.57 Å². The lowest BCUT2D eigenvalue weighted by Gasteiger charge is -2.25. The van der Waals surface area contributed by atoms with Gasteiger partial charge in [0.05, 0.1) is 11.6 Å². The molecular weight excluding hydrogens is 286 g/mol. The minimum Gasteiger partial charge on any atom is -0.345 e. The molecule has 2 atom stereocenters. The third kappa shape index (κ3) is 4.41. The Morgan fingerprint density at radius 2 is 1.61 bits per heavy atom. The Morgan fingerprint density at radius 1 is 1.00 bits per heavy atom. The van der Waals surface area contributed by atoms with Crippen LogP contribution in [-0.2, 0) is 16.1 Å². The van der Waals surface area contributed by atoms with Gasteiger partial charge in [-0.25, -0.2) is 0 Å². The molecule has 1 fully saturated rings. The van der Waals surface area contributed by atoms with Crippen molar-refractivity contribution in [3.05, 3.63) is 71.8 Å². The molecule has 2 aromatic rings. The Bertz CT molecular complexity index is 607. The third-order valence-corrected chi connectivity index (χ3v) is 3.87. The highest BCUT2D eigenvalue weighted by molar-refractivity contribution is 5.20. The first-order chi connectivity index (χ1) is 11.0. The molecule has 0 amide bonds. The minimum absolute atomic E-state index is 0.205. The normalized spacial score (nSPS) is 22.4. The van der Waals surface area contributed by atoms with Crippen molar-refractivity contribution in [1.29, 1.82) is 0 Å². The summed E-state index contributed by atoms with van der Waals surface area (Å²) in [5.74, 6) is 0. The van der Waals surface area contributed by atoms with Crippen molar-refractivity contribution in [2.75, 3.05) is 0 Å². The lowest BCUT2D eigenvalue weighted by molar-refractivity contribution is -0.269. The molecule has 1 aliphatic heterocycles. The molecule has 0 saturated carbocycles. The van der Waals surface area contributed by atoms with E-state index in [1.165, 1.54) is 11.1 Å². The number of hydrogen-bond donors (Lipinski definition) is 0. The third-order valence-electron chi connectivity index (χ3n) is 3.87. The molecule has 0 radical (unpaired) electrons. The van der Waals surface area contributed by atoms with Crippen molar-refractivity contribution in [3.63, 3.8) is 0 Å². The van der Waals surface area contributed by atoms with Gasteiger partial charge in [0.1, 0.15) is 0 Å². The fourth-order valence-electron chi connectivity index (χ4n) is 2.92. The molecule has 1 aliphatic rings. The maximum absolute atomic E-state index is 6.12. The average molecular weight is 311 g/mol. The smallest absolute Gasteiger partial charge is 0.180 e. The van der Waals surface area contributed by atoms with E-state index < -0.39 is 0 Å². The molecule has 0 aromatic heterocycles. The Hall–Kier alpha value is -1.68. The van der Waals surface area contributed by atoms with Crippen LogP contribution in [0, 0.1) is 0 Å². The molecule has 23 heavy (non-hydrogen) atoms. The first-order valence-electron chi connectivity index (χ1n) is 8.21. The van der Waals surface area contributed by atoms with Crippen LogP contribution in [0.25, 0.3) is 0 Å². The van der Waals surface area contributed by atoms with Crippen LogP contribution < -0.4 is 0 Å². The Morgan fingerprint density at radius 3 is 2.22 bits per heavy atom. The summed E-state index contributed by atoms with van der Waals surface area (Å²) in [6.07, 6.45) is 0.637. The fourth-order valence-corrected chi connectivity index (χ4v) is 2.92. The Kier molecular flexibility index (Phi) is 4.81. The lowest BCUT2D eigenvalue weighted by Crippen LogP contribution is -2.28. The van der Waals surface area contributed by atoms with Gasteiger partial charge in [0, 0.05) is 13.0 Å². The van der Waals surface area contributed by atoms with Gasteiger partial charge in [0.2, 0.25) is 0 Å². The first kappa shape index (κ1) is 16.2. The van der Waals surface area contributed by atoms with E-state index in [2.05, 4.69) is 74.4 Å². The second kappa shape index (κ2) is 6.83. The molecule has 0 spiro atoms. The summed E-state index contributed by atoms with van der Waals surface area (Å²) in [6, 6.07) is 21.1. The van der Waals surface area contributed by atoms with E-state index in [-0.39, 0.29) is 17.9 Å². The molecule has 3 heteroatoms. The minimum atomic E-state index is -0.214. The van der Waals surface area contributed by atoms with E-state index in [9.17, 15) is 0 Å². The van der Waals surface area contributed by atoms with Gasteiger partial charge >= 0.3 is 0 Å². The highest BCUT2D eigenvalue weighted by atomic mass is 16.8. The highest BCUT2D eigenvalue weighted by Crippen LogP contribution is 2.37. The largest absolute Gasteiger partial charge is 0.345 e. The monoisotopic (exact) mass is 311 g/mol. The first-order valence-corrected chi connectivity index (χ1v) is 8.21. The van der Waals surface area contributed by atoms with Gasteiger partial charge in [0.15, 0.2) is 6.29 Å². The molecule has 0 N–H and O–H groups in total. The highest BCUT2D eigenvalue weighted by Gasteiger charge is 2.37. The van der Waals surface area contributed by atoms with Gasteiger partial charge in [0.25, 0.3) is 0 Å². The molecule has 1 saturated heterocycles. The van der Waals surface area contributed by atoms with Crippen molar-refractivity contribution in [2.24, 2.45) is 0 Å². The van der Waals surface area contributed by atoms with Crippen molar-refractivity contribution in [1.82, 2.24) is 5.06 Å². The molecular formula is C20H25NO2. The predicted octanol–water partition coefficient (Wildman–Crippen LogP) is 4.71. The van der Waals surface area contributed by atoms with Crippen LogP contribution in [0.5, 0.6) is 0 Å². The molecule has 1 heterocycles. The predicted molar refractivity (Wildman–Crippen MR) is 91.5 cm³/mol. The van der Waals surface area contributed by atoms with Gasteiger partial charge in [-0.05, 0) is 31.9 Å². The van der Waals surface area contributed by atoms with E-state index >= 15 is 0 Å². The van der Waals surface area contributed by atoms with Crippen molar-refractivity contribution >= 4 is 0 Å². The zero-order valence-corrected chi connectivity index (χ0v) is 14.1. The summed E-state index contributed by atoms with van der Waals surface area (Å²) in [5, 5.41) is 2.06. The molecule has 0 aliphatic carbocycles. The summed E-state index contributed by atoms with van der Waals surface area (Å²) >= 11 is 0. The quantitative estimate of drug-likeness (QED) is 0.816. The maximum atomic E-state index is 6.12. The van der Waals surface area contributed by atoms with Gasteiger partial charge in [-0.1, -0.05) is 60.7 Å². The average Bonchev–Trinajstić information content (AvgIpc) is 2.89. The van der Waals surface area contributed by atoms with E-state index in [1.54, 1.807) is 0 Å². The van der Waals surface area contributed by atoms with Crippen LogP contribution in [0.4, 0.5) is 0 Å². The zero-order chi connectivity index (χ0) is 16.3. The lowest BCUT2D eigenvalue weighted by atomic mass is 10.0. The standard InChI is InChI=1S/C20H25NO2/c1-20(2,3)22-19-14-18(17-12-8-5-9-13-17)21(23-19)15-16-10-6-4-7-11-16/h4-13,18-19H,14-15H2,1-3H3/t18-,19-/m1/s1. The van der Waals surface area contributed by atoms with Gasteiger partial charge < -0.3 is 4.74 Å². The molecule has 3 nitrogen and oxygen atoms in total. The van der Waals surface area contributed by atoms with Crippen LogP contribution in [0.2, 0.25) is 0 Å². The van der Waals surface area contributed by atoms with Crippen LogP contribution in [-0.4, -0.2) is 17.0 Å². The van der Waals surface area contributed by atoms with Crippen molar-refractivity contribution < 1.29 is 9.57 Å². The number of hydroxylamine groups is 2. The van der Waals surface area contributed by atoms with Gasteiger partial charge in [-0.3, -0.25) is 4.84 Å². The van der Waals surface area contributed by atoms with Gasteiger partial charge in [-0.2, -0.15) is 5.06 Å². The zero-order valence-electron chi connectivity index (χ0n) is 14.1. The summed E-state index contributed by atoms with van der Waals surface area (Å²) in [4.78, 5) is 6.12. The molecule has 2 aromatic carbocycles. The topological polar surface area (TPSA) is 21.7 Å². The molecule has 0 unspecified atom stereocenters. The van der Waals surface area contributed by atoms with Crippen LogP contribution >= 0.6 is 0 Å². The van der Waals surface area contributed by atoms with Crippen LogP contribution in [0.3, 0.4) is 0 Å². The summed E-state index contributed by atoms with van der Waals surface area (Å²) < 4.78 is 6.05. The molecule has 0 bridgehead atoms. The van der Waals surface area contributed by atoms with E-state index in [0.717, 1.165) is 13.0 Å². The summed E-state index contributed by atoms with van der Waals surface area (Å²) in [5.41, 5.74) is 2.29. The van der Waals surface area contributed by atoms with Crippen LogP contribution in [0.1, 0.15) is 44.4 Å². The van der Waals surface area contributed by atoms with Crippen molar-refractivity contribution in [3.8, 4) is 0 Å². The number of hydrogen-bond acceptors (Lipinski definition) is 3. The maximum Gasteiger partial charge on any atom is 0.180 e. The van der Waals surface area contributed by atoms with Gasteiger partial charge in [-0.15, -0.1) is 0 Å². The van der Waals surface area contributed by atoms with Crippen molar-refractivity contribution in [2.45, 2.75) is 51.7 Å². The number of benzene rings is 2.